The topological polar surface area (TPSA) is 68.8 Å². The van der Waals surface area contributed by atoms with Crippen molar-refractivity contribution in [1.29, 1.82) is 0 Å². The first kappa shape index (κ1) is 24.8. The van der Waals surface area contributed by atoms with Crippen LogP contribution in [0.4, 0.5) is 24.7 Å². The van der Waals surface area contributed by atoms with Gasteiger partial charge in [-0.2, -0.15) is 0 Å². The standard InChI is InChI=1S/C27H26F3N5O2/c1-16(20-12-22(29)23(30)13-21(20)28)35-24-11-19(14-31-26(24)32-15-25(35)36)17-3-5-18(6-4-17)27(37)34-9-7-33(2)8-10-34/h3-6,11-14,16H,7-10,15H2,1-2H3,(H,31,32). The Kier molecular flexibility index (Phi) is 6.59. The number of likely N-dealkylation sites (N-methyl/N-ethyl adjacent to an activating group) is 1. The second-order valence-corrected chi connectivity index (χ2v) is 9.35. The molecular weight excluding hydrogens is 483 g/mol. The van der Waals surface area contributed by atoms with Crippen LogP contribution in [0.25, 0.3) is 11.1 Å². The molecule has 0 saturated carbocycles. The SMILES string of the molecule is CC(c1cc(F)c(F)cc1F)N1C(=O)CNc2ncc(-c3ccc(C(=O)N4CCN(C)CC4)cc3)cc21. The third kappa shape index (κ3) is 4.76. The minimum atomic E-state index is -1.29. The smallest absolute Gasteiger partial charge is 0.253 e. The number of anilines is 2. The van der Waals surface area contributed by atoms with E-state index in [-0.39, 0.29) is 23.9 Å². The molecule has 2 amide bonds. The highest BCUT2D eigenvalue weighted by atomic mass is 19.2. The molecule has 3 aromatic rings. The Bertz CT molecular complexity index is 1360. The number of hydrogen-bond acceptors (Lipinski definition) is 5. The summed E-state index contributed by atoms with van der Waals surface area (Å²) in [5, 5.41) is 2.94. The maximum absolute atomic E-state index is 14.5. The first-order valence-corrected chi connectivity index (χ1v) is 12.0. The van der Waals surface area contributed by atoms with Crippen LogP contribution in [0.5, 0.6) is 0 Å². The van der Waals surface area contributed by atoms with Gasteiger partial charge < -0.3 is 20.0 Å². The fraction of sp³-hybridized carbons (Fsp3) is 0.296. The van der Waals surface area contributed by atoms with Gasteiger partial charge in [0.1, 0.15) is 5.82 Å². The summed E-state index contributed by atoms with van der Waals surface area (Å²) in [5.74, 6) is -3.39. The Morgan fingerprint density at radius 3 is 2.32 bits per heavy atom. The molecule has 10 heteroatoms. The Labute approximate surface area is 212 Å². The second kappa shape index (κ2) is 9.85. The zero-order chi connectivity index (χ0) is 26.3. The van der Waals surface area contributed by atoms with E-state index in [2.05, 4.69) is 15.2 Å². The fourth-order valence-corrected chi connectivity index (χ4v) is 4.73. The summed E-state index contributed by atoms with van der Waals surface area (Å²) in [6.07, 6.45) is 1.64. The van der Waals surface area contributed by atoms with Gasteiger partial charge in [0.2, 0.25) is 5.91 Å². The van der Waals surface area contributed by atoms with E-state index in [1.165, 1.54) is 4.90 Å². The van der Waals surface area contributed by atoms with E-state index in [0.29, 0.717) is 41.8 Å². The summed E-state index contributed by atoms with van der Waals surface area (Å²) < 4.78 is 41.9. The van der Waals surface area contributed by atoms with E-state index in [4.69, 9.17) is 0 Å². The average Bonchev–Trinajstić information content (AvgIpc) is 2.90. The van der Waals surface area contributed by atoms with Crippen LogP contribution < -0.4 is 10.2 Å². The third-order valence-electron chi connectivity index (χ3n) is 6.94. The van der Waals surface area contributed by atoms with E-state index in [1.54, 1.807) is 31.3 Å². The third-order valence-corrected chi connectivity index (χ3v) is 6.94. The van der Waals surface area contributed by atoms with Crippen LogP contribution in [0, 0.1) is 17.5 Å². The predicted octanol–water partition coefficient (Wildman–Crippen LogP) is 4.07. The number of piperazine rings is 1. The second-order valence-electron chi connectivity index (χ2n) is 9.35. The molecule has 1 N–H and O–H groups in total. The molecule has 2 aromatic carbocycles. The van der Waals surface area contributed by atoms with E-state index in [1.807, 2.05) is 24.1 Å². The molecule has 1 fully saturated rings. The van der Waals surface area contributed by atoms with Crippen LogP contribution in [0.1, 0.15) is 28.9 Å². The van der Waals surface area contributed by atoms with Crippen LogP contribution in [0.3, 0.4) is 0 Å². The van der Waals surface area contributed by atoms with Gasteiger partial charge in [0, 0.05) is 55.1 Å². The Balaban J connectivity index is 1.43. The van der Waals surface area contributed by atoms with Crippen LogP contribution in [0.15, 0.2) is 48.7 Å². The maximum atomic E-state index is 14.5. The Hall–Kier alpha value is -3.92. The fourth-order valence-electron chi connectivity index (χ4n) is 4.73. The van der Waals surface area contributed by atoms with Gasteiger partial charge in [0.25, 0.3) is 5.91 Å². The van der Waals surface area contributed by atoms with Gasteiger partial charge in [-0.15, -0.1) is 0 Å². The molecule has 3 heterocycles. The Morgan fingerprint density at radius 2 is 1.62 bits per heavy atom. The molecule has 0 bridgehead atoms. The minimum absolute atomic E-state index is 0.0217. The van der Waals surface area contributed by atoms with Crippen LogP contribution >= 0.6 is 0 Å². The first-order valence-electron chi connectivity index (χ1n) is 12.0. The van der Waals surface area contributed by atoms with Crippen molar-refractivity contribution in [3.63, 3.8) is 0 Å². The van der Waals surface area contributed by atoms with Crippen molar-refractivity contribution >= 4 is 23.3 Å². The zero-order valence-corrected chi connectivity index (χ0v) is 20.5. The number of nitrogens with zero attached hydrogens (tertiary/aromatic N) is 4. The normalized spacial score (nSPS) is 16.8. The van der Waals surface area contributed by atoms with Crippen LogP contribution in [-0.4, -0.2) is 66.4 Å². The molecule has 192 valence electrons. The molecule has 7 nitrogen and oxygen atoms in total. The van der Waals surface area contributed by atoms with Crippen molar-refractivity contribution < 1.29 is 22.8 Å². The number of benzene rings is 2. The largest absolute Gasteiger partial charge is 0.359 e. The monoisotopic (exact) mass is 509 g/mol. The lowest BCUT2D eigenvalue weighted by atomic mass is 10.0. The minimum Gasteiger partial charge on any atom is -0.359 e. The number of fused-ring (bicyclic) bond motifs is 1. The average molecular weight is 510 g/mol. The van der Waals surface area contributed by atoms with Gasteiger partial charge in [0.05, 0.1) is 18.3 Å². The number of carbonyl (C=O) groups is 2. The van der Waals surface area contributed by atoms with E-state index < -0.39 is 23.5 Å². The van der Waals surface area contributed by atoms with Crippen molar-refractivity contribution in [3.8, 4) is 11.1 Å². The number of aromatic nitrogens is 1. The lowest BCUT2D eigenvalue weighted by molar-refractivity contribution is -0.117. The number of rotatable bonds is 4. The van der Waals surface area contributed by atoms with Crippen molar-refractivity contribution in [1.82, 2.24) is 14.8 Å². The highest BCUT2D eigenvalue weighted by Crippen LogP contribution is 2.38. The molecule has 1 aromatic heterocycles. The molecule has 1 unspecified atom stereocenters. The van der Waals surface area contributed by atoms with Crippen LogP contribution in [-0.2, 0) is 4.79 Å². The molecular formula is C27H26F3N5O2. The molecule has 0 aliphatic carbocycles. The van der Waals surface area contributed by atoms with Crippen LogP contribution in [0.2, 0.25) is 0 Å². The number of amides is 2. The molecule has 0 spiro atoms. The van der Waals surface area contributed by atoms with Crippen molar-refractivity contribution in [2.45, 2.75) is 13.0 Å². The van der Waals surface area contributed by atoms with Gasteiger partial charge in [-0.3, -0.25) is 9.59 Å². The summed E-state index contributed by atoms with van der Waals surface area (Å²) in [7, 11) is 2.03. The van der Waals surface area contributed by atoms with Gasteiger partial charge in [-0.05, 0) is 43.8 Å². The highest BCUT2D eigenvalue weighted by molar-refractivity contribution is 6.03. The van der Waals surface area contributed by atoms with E-state index in [0.717, 1.165) is 24.7 Å². The van der Waals surface area contributed by atoms with E-state index >= 15 is 0 Å². The number of halogens is 3. The first-order chi connectivity index (χ1) is 17.7. The molecule has 1 atom stereocenters. The predicted molar refractivity (Wildman–Crippen MR) is 134 cm³/mol. The summed E-state index contributed by atoms with van der Waals surface area (Å²) in [6, 6.07) is 9.22. The molecule has 2 aliphatic heterocycles. The summed E-state index contributed by atoms with van der Waals surface area (Å²) in [4.78, 5) is 35.5. The quantitative estimate of drug-likeness (QED) is 0.537. The maximum Gasteiger partial charge on any atom is 0.253 e. The van der Waals surface area contributed by atoms with Gasteiger partial charge in [-0.1, -0.05) is 12.1 Å². The lowest BCUT2D eigenvalue weighted by Gasteiger charge is -2.35. The van der Waals surface area contributed by atoms with Gasteiger partial charge in [-0.25, -0.2) is 18.2 Å². The number of hydrogen-bond donors (Lipinski definition) is 1. The van der Waals surface area contributed by atoms with E-state index in [9.17, 15) is 22.8 Å². The molecule has 37 heavy (non-hydrogen) atoms. The number of carbonyl (C=O) groups excluding carboxylic acids is 2. The van der Waals surface area contributed by atoms with Crippen molar-refractivity contribution in [2.24, 2.45) is 0 Å². The highest BCUT2D eigenvalue weighted by Gasteiger charge is 2.32. The summed E-state index contributed by atoms with van der Waals surface area (Å²) >= 11 is 0. The van der Waals surface area contributed by atoms with Gasteiger partial charge in [0.15, 0.2) is 17.5 Å². The molecule has 0 radical (unpaired) electrons. The number of pyridine rings is 1. The van der Waals surface area contributed by atoms with Gasteiger partial charge >= 0.3 is 0 Å². The molecule has 1 saturated heterocycles. The lowest BCUT2D eigenvalue weighted by Crippen LogP contribution is -2.47. The van der Waals surface area contributed by atoms with Crippen molar-refractivity contribution in [2.75, 3.05) is 50.0 Å². The van der Waals surface area contributed by atoms with Crippen molar-refractivity contribution in [3.05, 3.63) is 77.2 Å². The zero-order valence-electron chi connectivity index (χ0n) is 20.5. The number of nitrogens with one attached hydrogen (secondary N) is 1. The molecule has 5 rings (SSSR count). The molecule has 2 aliphatic rings. The Morgan fingerprint density at radius 1 is 0.946 bits per heavy atom. The summed E-state index contributed by atoms with van der Waals surface area (Å²) in [6.45, 7) is 4.51. The summed E-state index contributed by atoms with van der Waals surface area (Å²) in [5.41, 5.74) is 2.28.